The molecule has 1 aliphatic rings. The molecular formula is C22H36N4O4. The second kappa shape index (κ2) is 11.8. The van der Waals surface area contributed by atoms with E-state index in [1.54, 1.807) is 30.1 Å². The van der Waals surface area contributed by atoms with Gasteiger partial charge in [-0.1, -0.05) is 6.92 Å². The molecule has 2 rings (SSSR count). The molecule has 8 nitrogen and oxygen atoms in total. The fraction of sp³-hybridized carbons (Fsp3) is 0.636. The topological polar surface area (TPSA) is 74.4 Å². The molecule has 0 aliphatic carbocycles. The third-order valence-electron chi connectivity index (χ3n) is 5.37. The number of carbonyl (C=O) groups excluding carboxylic acids is 2. The molecule has 1 aliphatic heterocycles. The van der Waals surface area contributed by atoms with Crippen LogP contribution in [0.1, 0.15) is 27.7 Å². The normalized spacial score (nSPS) is 15.7. The van der Waals surface area contributed by atoms with Gasteiger partial charge in [0.25, 0.3) is 0 Å². The summed E-state index contributed by atoms with van der Waals surface area (Å²) in [7, 11) is 1.80. The van der Waals surface area contributed by atoms with Crippen LogP contribution in [0.15, 0.2) is 18.2 Å². The molecule has 1 fully saturated rings. The summed E-state index contributed by atoms with van der Waals surface area (Å²) in [5.74, 6) is 1.14. The Labute approximate surface area is 180 Å². The summed E-state index contributed by atoms with van der Waals surface area (Å²) in [6.07, 6.45) is 0. The van der Waals surface area contributed by atoms with Gasteiger partial charge in [-0.15, -0.1) is 0 Å². The van der Waals surface area contributed by atoms with Crippen molar-refractivity contribution < 1.29 is 19.1 Å². The van der Waals surface area contributed by atoms with E-state index in [1.165, 1.54) is 0 Å². The molecule has 0 saturated carbocycles. The average Bonchev–Trinajstić information content (AvgIpc) is 2.74. The van der Waals surface area contributed by atoms with Crippen LogP contribution in [0.4, 0.5) is 5.69 Å². The fourth-order valence-corrected chi connectivity index (χ4v) is 3.43. The minimum absolute atomic E-state index is 0.0701. The minimum Gasteiger partial charge on any atom is -0.490 e. The average molecular weight is 421 g/mol. The summed E-state index contributed by atoms with van der Waals surface area (Å²) < 4.78 is 11.2. The molecule has 1 heterocycles. The van der Waals surface area contributed by atoms with Crippen molar-refractivity contribution in [2.45, 2.75) is 33.7 Å². The Bertz CT molecular complexity index is 704. The first-order valence-electron chi connectivity index (χ1n) is 10.8. The lowest BCUT2D eigenvalue weighted by atomic mass is 10.2. The van der Waals surface area contributed by atoms with Gasteiger partial charge in [0.2, 0.25) is 11.8 Å². The van der Waals surface area contributed by atoms with E-state index in [4.69, 9.17) is 9.47 Å². The van der Waals surface area contributed by atoms with E-state index in [-0.39, 0.29) is 24.4 Å². The van der Waals surface area contributed by atoms with Crippen molar-refractivity contribution in [3.63, 3.8) is 0 Å². The van der Waals surface area contributed by atoms with E-state index in [9.17, 15) is 9.59 Å². The lowest BCUT2D eigenvalue weighted by Crippen LogP contribution is -2.54. The molecule has 1 atom stereocenters. The lowest BCUT2D eigenvalue weighted by Gasteiger charge is -2.36. The zero-order valence-corrected chi connectivity index (χ0v) is 18.9. The van der Waals surface area contributed by atoms with Crippen LogP contribution >= 0.6 is 0 Å². The minimum atomic E-state index is -0.358. The second-order valence-electron chi connectivity index (χ2n) is 7.43. The van der Waals surface area contributed by atoms with Gasteiger partial charge < -0.3 is 24.6 Å². The Balaban J connectivity index is 1.90. The number of nitrogens with zero attached hydrogens (tertiary/aromatic N) is 3. The van der Waals surface area contributed by atoms with Crippen LogP contribution in [0.25, 0.3) is 0 Å². The van der Waals surface area contributed by atoms with E-state index < -0.39 is 0 Å². The summed E-state index contributed by atoms with van der Waals surface area (Å²) in [6.45, 7) is 13.3. The summed E-state index contributed by atoms with van der Waals surface area (Å²) in [6, 6.07) is 4.97. The number of nitrogens with one attached hydrogen (secondary N) is 1. The predicted molar refractivity (Wildman–Crippen MR) is 118 cm³/mol. The number of carbonyl (C=O) groups is 2. The van der Waals surface area contributed by atoms with Crippen molar-refractivity contribution >= 4 is 17.5 Å². The van der Waals surface area contributed by atoms with Crippen LogP contribution in [-0.4, -0.2) is 92.1 Å². The van der Waals surface area contributed by atoms with Gasteiger partial charge in [0.15, 0.2) is 11.5 Å². The highest BCUT2D eigenvalue weighted by Crippen LogP contribution is 2.30. The number of amides is 2. The highest BCUT2D eigenvalue weighted by Gasteiger charge is 2.27. The number of hydrogen-bond donors (Lipinski definition) is 1. The lowest BCUT2D eigenvalue weighted by molar-refractivity contribution is -0.138. The van der Waals surface area contributed by atoms with E-state index >= 15 is 0 Å². The van der Waals surface area contributed by atoms with Gasteiger partial charge in [0.05, 0.1) is 25.8 Å². The van der Waals surface area contributed by atoms with Gasteiger partial charge in [-0.05, 0) is 46.5 Å². The quantitative estimate of drug-likeness (QED) is 0.623. The highest BCUT2D eigenvalue weighted by molar-refractivity contribution is 5.93. The van der Waals surface area contributed by atoms with E-state index in [1.807, 2.05) is 25.7 Å². The van der Waals surface area contributed by atoms with Crippen LogP contribution in [0.2, 0.25) is 0 Å². The summed E-state index contributed by atoms with van der Waals surface area (Å²) in [5, 5.41) is 2.88. The summed E-state index contributed by atoms with van der Waals surface area (Å²) in [5.41, 5.74) is 0.634. The standard InChI is InChI=1S/C22H36N4O4/c1-6-25-11-13-26(14-12-25)22(28)17(4)24(5)16-21(27)23-18-9-10-19(29-7-2)20(15-18)30-8-3/h9-10,15,17H,6-8,11-14,16H2,1-5H3,(H,23,27)/t17-/m1/s1. The molecule has 1 aromatic carbocycles. The molecule has 0 unspecified atom stereocenters. The van der Waals surface area contributed by atoms with E-state index in [2.05, 4.69) is 17.1 Å². The Morgan fingerprint density at radius 3 is 2.30 bits per heavy atom. The maximum Gasteiger partial charge on any atom is 0.239 e. The first-order valence-corrected chi connectivity index (χ1v) is 10.8. The molecule has 0 spiro atoms. The van der Waals surface area contributed by atoms with Gasteiger partial charge in [-0.25, -0.2) is 0 Å². The van der Waals surface area contributed by atoms with Crippen LogP contribution in [0, 0.1) is 0 Å². The van der Waals surface area contributed by atoms with Crippen LogP contribution in [0.5, 0.6) is 11.5 Å². The molecule has 0 aromatic heterocycles. The summed E-state index contributed by atoms with van der Waals surface area (Å²) >= 11 is 0. The van der Waals surface area contributed by atoms with Crippen molar-refractivity contribution in [3.8, 4) is 11.5 Å². The molecule has 2 amide bonds. The Morgan fingerprint density at radius 2 is 1.70 bits per heavy atom. The van der Waals surface area contributed by atoms with Crippen LogP contribution in [-0.2, 0) is 9.59 Å². The van der Waals surface area contributed by atoms with Gasteiger partial charge in [0, 0.05) is 37.9 Å². The molecule has 1 N–H and O–H groups in total. The van der Waals surface area contributed by atoms with Crippen molar-refractivity contribution in [2.24, 2.45) is 0 Å². The number of hydrogen-bond acceptors (Lipinski definition) is 6. The Kier molecular flexibility index (Phi) is 9.39. The zero-order valence-electron chi connectivity index (χ0n) is 18.9. The maximum atomic E-state index is 12.8. The van der Waals surface area contributed by atoms with Gasteiger partial charge >= 0.3 is 0 Å². The third kappa shape index (κ3) is 6.60. The number of benzene rings is 1. The predicted octanol–water partition coefficient (Wildman–Crippen LogP) is 1.91. The van der Waals surface area contributed by atoms with E-state index in [0.29, 0.717) is 30.4 Å². The molecule has 1 aromatic rings. The summed E-state index contributed by atoms with van der Waals surface area (Å²) in [4.78, 5) is 31.3. The molecule has 168 valence electrons. The SMILES string of the molecule is CCOc1ccc(NC(=O)CN(C)[C@H](C)C(=O)N2CCN(CC)CC2)cc1OCC. The van der Waals surface area contributed by atoms with Crippen molar-refractivity contribution in [3.05, 3.63) is 18.2 Å². The van der Waals surface area contributed by atoms with Crippen LogP contribution in [0.3, 0.4) is 0 Å². The van der Waals surface area contributed by atoms with Gasteiger partial charge in [-0.3, -0.25) is 14.5 Å². The first kappa shape index (κ1) is 24.0. The molecule has 8 heteroatoms. The monoisotopic (exact) mass is 420 g/mol. The van der Waals surface area contributed by atoms with E-state index in [0.717, 1.165) is 32.7 Å². The molecule has 30 heavy (non-hydrogen) atoms. The number of likely N-dealkylation sites (N-methyl/N-ethyl adjacent to an activating group) is 2. The molecular weight excluding hydrogens is 384 g/mol. The van der Waals surface area contributed by atoms with Crippen molar-refractivity contribution in [1.82, 2.24) is 14.7 Å². The molecule has 1 saturated heterocycles. The smallest absolute Gasteiger partial charge is 0.239 e. The van der Waals surface area contributed by atoms with Crippen molar-refractivity contribution in [2.75, 3.05) is 64.8 Å². The third-order valence-corrected chi connectivity index (χ3v) is 5.37. The second-order valence-corrected chi connectivity index (χ2v) is 7.43. The van der Waals surface area contributed by atoms with Crippen LogP contribution < -0.4 is 14.8 Å². The molecule has 0 radical (unpaired) electrons. The van der Waals surface area contributed by atoms with Gasteiger partial charge in [0.1, 0.15) is 0 Å². The number of anilines is 1. The molecule has 0 bridgehead atoms. The maximum absolute atomic E-state index is 12.8. The highest BCUT2D eigenvalue weighted by atomic mass is 16.5. The zero-order chi connectivity index (χ0) is 22.1. The van der Waals surface area contributed by atoms with Gasteiger partial charge in [-0.2, -0.15) is 0 Å². The Hall–Kier alpha value is -2.32. The van der Waals surface area contributed by atoms with Crippen molar-refractivity contribution in [1.29, 1.82) is 0 Å². The Morgan fingerprint density at radius 1 is 1.07 bits per heavy atom. The first-order chi connectivity index (χ1) is 14.4. The number of ether oxygens (including phenoxy) is 2. The number of piperazine rings is 1. The fourth-order valence-electron chi connectivity index (χ4n) is 3.43. The largest absolute Gasteiger partial charge is 0.490 e. The number of rotatable bonds is 10.